The fraction of sp³-hybridized carbons (Fsp3) is 0.391. The second kappa shape index (κ2) is 9.10. The highest BCUT2D eigenvalue weighted by Gasteiger charge is 2.45. The van der Waals surface area contributed by atoms with E-state index in [-0.39, 0.29) is 0 Å². The van der Waals surface area contributed by atoms with Crippen LogP contribution in [0.2, 0.25) is 19.6 Å². The second-order valence-electron chi connectivity index (χ2n) is 8.62. The van der Waals surface area contributed by atoms with Crippen LogP contribution in [-0.2, 0) is 19.5 Å². The molecular weight excluding hydrogens is 448 g/mol. The lowest BCUT2D eigenvalue weighted by Gasteiger charge is -2.31. The van der Waals surface area contributed by atoms with Gasteiger partial charge in [0.1, 0.15) is 0 Å². The van der Waals surface area contributed by atoms with Crippen molar-refractivity contribution in [1.82, 2.24) is 0 Å². The Morgan fingerprint density at radius 1 is 1.07 bits per heavy atom. The molecular formula is C23H31BrO2SSi. The zero-order chi connectivity index (χ0) is 21.0. The summed E-state index contributed by atoms with van der Waals surface area (Å²) in [6, 6.07) is 16.1. The number of hydrogen-bond donors (Lipinski definition) is 0. The van der Waals surface area contributed by atoms with Crippen LogP contribution in [0.5, 0.6) is 0 Å². The molecule has 0 aliphatic rings. The Morgan fingerprint density at radius 3 is 2.25 bits per heavy atom. The van der Waals surface area contributed by atoms with Gasteiger partial charge in [0.2, 0.25) is 0 Å². The van der Waals surface area contributed by atoms with Crippen molar-refractivity contribution in [3.63, 3.8) is 0 Å². The SMILES string of the molecule is C=CCCCC(Br)(c1ccccc1C[Si](C)(C)C)S(=O)(=O)c1ccc(C)cc1. The van der Waals surface area contributed by atoms with Gasteiger partial charge in [-0.15, -0.1) is 6.58 Å². The molecule has 2 rings (SSSR count). The normalized spacial score (nSPS) is 14.5. The van der Waals surface area contributed by atoms with Crippen LogP contribution in [0.25, 0.3) is 0 Å². The van der Waals surface area contributed by atoms with Gasteiger partial charge in [0.15, 0.2) is 13.5 Å². The van der Waals surface area contributed by atoms with Crippen LogP contribution in [0.15, 0.2) is 66.1 Å². The first-order chi connectivity index (χ1) is 13.0. The van der Waals surface area contributed by atoms with Crippen molar-refractivity contribution >= 4 is 33.8 Å². The average Bonchev–Trinajstić information content (AvgIpc) is 2.61. The van der Waals surface area contributed by atoms with E-state index in [2.05, 4.69) is 48.2 Å². The summed E-state index contributed by atoms with van der Waals surface area (Å²) in [5.41, 5.74) is 3.06. The molecule has 2 nitrogen and oxygen atoms in total. The van der Waals surface area contributed by atoms with E-state index in [9.17, 15) is 8.42 Å². The molecule has 0 saturated carbocycles. The molecule has 0 aromatic heterocycles. The first-order valence-corrected chi connectivity index (χ1v) is 15.7. The van der Waals surface area contributed by atoms with Crippen molar-refractivity contribution in [2.75, 3.05) is 0 Å². The lowest BCUT2D eigenvalue weighted by atomic mass is 10.0. The van der Waals surface area contributed by atoms with Crippen LogP contribution in [0, 0.1) is 6.92 Å². The number of unbranched alkanes of at least 4 members (excludes halogenated alkanes) is 1. The molecule has 0 amide bonds. The van der Waals surface area contributed by atoms with E-state index in [1.807, 2.05) is 43.3 Å². The average molecular weight is 480 g/mol. The third-order valence-electron chi connectivity index (χ3n) is 4.80. The zero-order valence-electron chi connectivity index (χ0n) is 17.3. The fourth-order valence-corrected chi connectivity index (χ4v) is 7.85. The van der Waals surface area contributed by atoms with Crippen LogP contribution in [0.4, 0.5) is 0 Å². The largest absolute Gasteiger partial charge is 0.222 e. The third kappa shape index (κ3) is 5.25. The fourth-order valence-electron chi connectivity index (χ4n) is 3.40. The Kier molecular flexibility index (Phi) is 7.51. The van der Waals surface area contributed by atoms with Gasteiger partial charge in [-0.2, -0.15) is 0 Å². The molecule has 0 bridgehead atoms. The molecule has 1 unspecified atom stereocenters. The van der Waals surface area contributed by atoms with E-state index in [0.717, 1.165) is 35.6 Å². The summed E-state index contributed by atoms with van der Waals surface area (Å²) in [5.74, 6) is 0. The smallest absolute Gasteiger partial charge is 0.198 e. The Hall–Kier alpha value is -1.17. The summed E-state index contributed by atoms with van der Waals surface area (Å²) in [5, 5.41) is 0. The molecule has 1 atom stereocenters. The highest BCUT2D eigenvalue weighted by molar-refractivity contribution is 9.11. The van der Waals surface area contributed by atoms with E-state index in [1.165, 1.54) is 0 Å². The van der Waals surface area contributed by atoms with Crippen LogP contribution in [-0.4, -0.2) is 16.5 Å². The maximum absolute atomic E-state index is 13.8. The molecule has 0 spiro atoms. The van der Waals surface area contributed by atoms with Crippen molar-refractivity contribution in [3.8, 4) is 0 Å². The molecule has 152 valence electrons. The minimum atomic E-state index is -3.63. The first kappa shape index (κ1) is 23.1. The van der Waals surface area contributed by atoms with Crippen LogP contribution >= 0.6 is 15.9 Å². The van der Waals surface area contributed by atoms with Gasteiger partial charge in [-0.1, -0.05) is 83.6 Å². The second-order valence-corrected chi connectivity index (χ2v) is 18.1. The minimum Gasteiger partial charge on any atom is -0.222 e. The van der Waals surface area contributed by atoms with Gasteiger partial charge in [0, 0.05) is 8.07 Å². The quantitative estimate of drug-likeness (QED) is 0.172. The maximum atomic E-state index is 13.8. The molecule has 2 aromatic carbocycles. The van der Waals surface area contributed by atoms with Crippen LogP contribution < -0.4 is 0 Å². The maximum Gasteiger partial charge on any atom is 0.198 e. The van der Waals surface area contributed by atoms with E-state index in [1.54, 1.807) is 12.1 Å². The van der Waals surface area contributed by atoms with Crippen LogP contribution in [0.1, 0.15) is 36.0 Å². The summed E-state index contributed by atoms with van der Waals surface area (Å²) >= 11 is 3.75. The molecule has 2 aromatic rings. The molecule has 0 aliphatic heterocycles. The summed E-state index contributed by atoms with van der Waals surface area (Å²) in [4.78, 5) is 0.358. The van der Waals surface area contributed by atoms with Gasteiger partial charge >= 0.3 is 0 Å². The molecule has 0 fully saturated rings. The van der Waals surface area contributed by atoms with Crippen LogP contribution in [0.3, 0.4) is 0 Å². The number of allylic oxidation sites excluding steroid dienone is 1. The standard InChI is InChI=1S/C23H31BrO2SSi/c1-6-7-10-17-23(24,27(25,26)21-15-13-19(2)14-16-21)22-12-9-8-11-20(22)18-28(3,4)5/h6,8-9,11-16H,1,7,10,17-18H2,2-5H3. The third-order valence-corrected chi connectivity index (χ3v) is 10.5. The number of sulfone groups is 1. The van der Waals surface area contributed by atoms with Crippen molar-refractivity contribution < 1.29 is 8.42 Å². The predicted molar refractivity (Wildman–Crippen MR) is 127 cm³/mol. The number of alkyl halides is 1. The molecule has 0 radical (unpaired) electrons. The molecule has 0 saturated heterocycles. The van der Waals surface area contributed by atoms with E-state index < -0.39 is 21.6 Å². The van der Waals surface area contributed by atoms with E-state index in [4.69, 9.17) is 0 Å². The monoisotopic (exact) mass is 478 g/mol. The number of hydrogen-bond acceptors (Lipinski definition) is 2. The van der Waals surface area contributed by atoms with Crippen molar-refractivity contribution in [1.29, 1.82) is 0 Å². The Bertz CT molecular complexity index is 914. The van der Waals surface area contributed by atoms with E-state index in [0.29, 0.717) is 11.3 Å². The highest BCUT2D eigenvalue weighted by Crippen LogP contribution is 2.47. The zero-order valence-corrected chi connectivity index (χ0v) is 20.7. The summed E-state index contributed by atoms with van der Waals surface area (Å²) < 4.78 is 26.5. The van der Waals surface area contributed by atoms with Gasteiger partial charge in [-0.3, -0.25) is 0 Å². The Morgan fingerprint density at radius 2 is 1.68 bits per heavy atom. The molecule has 28 heavy (non-hydrogen) atoms. The highest BCUT2D eigenvalue weighted by atomic mass is 79.9. The van der Waals surface area contributed by atoms with Gasteiger partial charge in [0.25, 0.3) is 0 Å². The topological polar surface area (TPSA) is 34.1 Å². The predicted octanol–water partition coefficient (Wildman–Crippen LogP) is 6.79. The molecule has 0 aliphatic carbocycles. The first-order valence-electron chi connectivity index (χ1n) is 9.71. The minimum absolute atomic E-state index is 0.358. The molecule has 0 heterocycles. The Balaban J connectivity index is 2.64. The number of rotatable bonds is 9. The lowest BCUT2D eigenvalue weighted by molar-refractivity contribution is 0.560. The van der Waals surface area contributed by atoms with Gasteiger partial charge in [-0.05, 0) is 55.5 Å². The Labute approximate surface area is 180 Å². The van der Waals surface area contributed by atoms with Gasteiger partial charge < -0.3 is 0 Å². The van der Waals surface area contributed by atoms with Gasteiger partial charge in [-0.25, -0.2) is 8.42 Å². The molecule has 5 heteroatoms. The van der Waals surface area contributed by atoms with Gasteiger partial charge in [0.05, 0.1) is 4.90 Å². The van der Waals surface area contributed by atoms with Crippen molar-refractivity contribution in [2.24, 2.45) is 0 Å². The number of halogens is 1. The number of benzene rings is 2. The summed E-state index contributed by atoms with van der Waals surface area (Å²) in [6.07, 6.45) is 3.88. The lowest BCUT2D eigenvalue weighted by Crippen LogP contribution is -2.33. The van der Waals surface area contributed by atoms with E-state index >= 15 is 0 Å². The molecule has 0 N–H and O–H groups in total. The summed E-state index contributed by atoms with van der Waals surface area (Å²) in [6.45, 7) is 12.7. The van der Waals surface area contributed by atoms with Crippen molar-refractivity contribution in [3.05, 3.63) is 77.9 Å². The summed E-state index contributed by atoms with van der Waals surface area (Å²) in [7, 11) is -5.06. The van der Waals surface area contributed by atoms with Crippen molar-refractivity contribution in [2.45, 2.75) is 60.4 Å². The number of aryl methyl sites for hydroxylation is 1.